The van der Waals surface area contributed by atoms with Crippen molar-refractivity contribution in [2.45, 2.75) is 45.2 Å². The molecule has 0 spiro atoms. The van der Waals surface area contributed by atoms with E-state index in [-0.39, 0.29) is 23.9 Å². The molecule has 0 bridgehead atoms. The maximum atomic E-state index is 12.6. The van der Waals surface area contributed by atoms with Crippen LogP contribution in [0.5, 0.6) is 0 Å². The summed E-state index contributed by atoms with van der Waals surface area (Å²) in [5.41, 5.74) is 0.617. The Labute approximate surface area is 136 Å². The van der Waals surface area contributed by atoms with Crippen molar-refractivity contribution < 1.29 is 18.7 Å². The number of furan rings is 1. The van der Waals surface area contributed by atoms with Gasteiger partial charge >= 0.3 is 0 Å². The van der Waals surface area contributed by atoms with Crippen molar-refractivity contribution in [2.24, 2.45) is 0 Å². The van der Waals surface area contributed by atoms with E-state index < -0.39 is 0 Å². The van der Waals surface area contributed by atoms with Gasteiger partial charge in [0.25, 0.3) is 5.91 Å². The monoisotopic (exact) mass is 320 g/mol. The number of carbonyl (C=O) groups is 2. The number of hydrogen-bond acceptors (Lipinski definition) is 4. The average Bonchev–Trinajstić information content (AvgIpc) is 3.17. The lowest BCUT2D eigenvalue weighted by Crippen LogP contribution is -2.49. The molecule has 2 fully saturated rings. The van der Waals surface area contributed by atoms with Gasteiger partial charge in [-0.05, 0) is 32.3 Å². The Morgan fingerprint density at radius 2 is 1.96 bits per heavy atom. The minimum Gasteiger partial charge on any atom is -0.469 e. The Morgan fingerprint density at radius 3 is 2.57 bits per heavy atom. The van der Waals surface area contributed by atoms with Crippen molar-refractivity contribution in [3.05, 3.63) is 23.7 Å². The molecule has 1 aromatic heterocycles. The number of nitrogens with zero attached hydrogens (tertiary/aromatic N) is 2. The molecule has 6 nitrogen and oxygen atoms in total. The third-order valence-corrected chi connectivity index (χ3v) is 4.88. The molecule has 2 aliphatic heterocycles. The minimum absolute atomic E-state index is 0.00534. The lowest BCUT2D eigenvalue weighted by Gasteiger charge is -2.37. The lowest BCUT2D eigenvalue weighted by molar-refractivity contribution is -0.135. The third-order valence-electron chi connectivity index (χ3n) is 4.88. The van der Waals surface area contributed by atoms with Gasteiger partial charge in [0, 0.05) is 39.3 Å². The molecule has 3 rings (SSSR count). The van der Waals surface area contributed by atoms with E-state index in [1.807, 2.05) is 9.80 Å². The fraction of sp³-hybridized carbons (Fsp3) is 0.647. The van der Waals surface area contributed by atoms with Gasteiger partial charge in [-0.3, -0.25) is 9.59 Å². The molecule has 0 radical (unpaired) electrons. The van der Waals surface area contributed by atoms with Crippen LogP contribution in [0.4, 0.5) is 0 Å². The number of rotatable bonds is 3. The van der Waals surface area contributed by atoms with Crippen molar-refractivity contribution in [3.8, 4) is 0 Å². The van der Waals surface area contributed by atoms with Crippen molar-refractivity contribution in [3.63, 3.8) is 0 Å². The molecular formula is C17H24N2O4. The summed E-state index contributed by atoms with van der Waals surface area (Å²) in [5.74, 6) is 0.733. The Balaban J connectivity index is 1.68. The summed E-state index contributed by atoms with van der Waals surface area (Å²) in [6, 6.07) is 2.05. The lowest BCUT2D eigenvalue weighted by atomic mass is 10.0. The molecule has 6 heteroatoms. The molecule has 1 unspecified atom stereocenters. The van der Waals surface area contributed by atoms with Crippen LogP contribution in [-0.4, -0.2) is 60.0 Å². The van der Waals surface area contributed by atoms with Crippen molar-refractivity contribution >= 4 is 11.8 Å². The van der Waals surface area contributed by atoms with E-state index in [9.17, 15) is 9.59 Å². The van der Waals surface area contributed by atoms with Gasteiger partial charge in [-0.25, -0.2) is 0 Å². The smallest absolute Gasteiger partial charge is 0.257 e. The summed E-state index contributed by atoms with van der Waals surface area (Å²) in [6.45, 7) is 6.11. The van der Waals surface area contributed by atoms with E-state index >= 15 is 0 Å². The fourth-order valence-electron chi connectivity index (χ4n) is 3.71. The normalized spacial score (nSPS) is 22.3. The number of hydrogen-bond donors (Lipinski definition) is 0. The van der Waals surface area contributed by atoms with E-state index in [4.69, 9.17) is 9.15 Å². The molecule has 1 atom stereocenters. The SMILES string of the molecule is CC(=O)N(C1CCOCC1)C1CCN(C(=O)c2ccoc2C)C1. The van der Waals surface area contributed by atoms with Crippen LogP contribution < -0.4 is 0 Å². The Kier molecular flexibility index (Phi) is 4.71. The molecule has 2 amide bonds. The molecular weight excluding hydrogens is 296 g/mol. The summed E-state index contributed by atoms with van der Waals surface area (Å²) in [7, 11) is 0. The third kappa shape index (κ3) is 3.27. The van der Waals surface area contributed by atoms with E-state index in [0.717, 1.165) is 19.3 Å². The largest absolute Gasteiger partial charge is 0.469 e. The molecule has 2 aliphatic rings. The summed E-state index contributed by atoms with van der Waals surface area (Å²) in [6.07, 6.45) is 4.13. The van der Waals surface area contributed by atoms with Crippen LogP contribution in [0, 0.1) is 6.92 Å². The molecule has 126 valence electrons. The van der Waals surface area contributed by atoms with Crippen LogP contribution in [0.1, 0.15) is 42.3 Å². The number of ether oxygens (including phenoxy) is 1. The molecule has 3 heterocycles. The van der Waals surface area contributed by atoms with Gasteiger partial charge in [0.05, 0.1) is 17.9 Å². The van der Waals surface area contributed by atoms with Gasteiger partial charge in [-0.15, -0.1) is 0 Å². The maximum absolute atomic E-state index is 12.6. The van der Waals surface area contributed by atoms with Gasteiger partial charge in [0.2, 0.25) is 5.91 Å². The fourth-order valence-corrected chi connectivity index (χ4v) is 3.71. The zero-order valence-electron chi connectivity index (χ0n) is 13.8. The topological polar surface area (TPSA) is 63.0 Å². The summed E-state index contributed by atoms with van der Waals surface area (Å²) in [5, 5.41) is 0. The molecule has 0 saturated carbocycles. The molecule has 23 heavy (non-hydrogen) atoms. The first-order chi connectivity index (χ1) is 11.1. The first kappa shape index (κ1) is 16.1. The Morgan fingerprint density at radius 1 is 1.22 bits per heavy atom. The van der Waals surface area contributed by atoms with Crippen molar-refractivity contribution in [1.82, 2.24) is 9.80 Å². The Hall–Kier alpha value is -1.82. The molecule has 0 aliphatic carbocycles. The quantitative estimate of drug-likeness (QED) is 0.852. The second-order valence-corrected chi connectivity index (χ2v) is 6.35. The number of carbonyl (C=O) groups excluding carboxylic acids is 2. The minimum atomic E-state index is -0.00534. The number of likely N-dealkylation sites (tertiary alicyclic amines) is 1. The van der Waals surface area contributed by atoms with E-state index in [1.54, 1.807) is 26.2 Å². The van der Waals surface area contributed by atoms with Gasteiger partial charge < -0.3 is 19.0 Å². The number of aryl methyl sites for hydroxylation is 1. The van der Waals surface area contributed by atoms with Crippen LogP contribution in [-0.2, 0) is 9.53 Å². The standard InChI is InChI=1S/C17H24N2O4/c1-12-16(6-10-23-12)17(21)18-7-3-15(11-18)19(13(2)20)14-4-8-22-9-5-14/h6,10,14-15H,3-5,7-9,11H2,1-2H3. The zero-order chi connectivity index (χ0) is 16.4. The highest BCUT2D eigenvalue weighted by atomic mass is 16.5. The summed E-state index contributed by atoms with van der Waals surface area (Å²) < 4.78 is 10.6. The van der Waals surface area contributed by atoms with Gasteiger partial charge in [-0.2, -0.15) is 0 Å². The predicted octanol–water partition coefficient (Wildman–Crippen LogP) is 1.83. The summed E-state index contributed by atoms with van der Waals surface area (Å²) >= 11 is 0. The average molecular weight is 320 g/mol. The first-order valence-electron chi connectivity index (χ1n) is 8.28. The van der Waals surface area contributed by atoms with Gasteiger partial charge in [0.1, 0.15) is 5.76 Å². The summed E-state index contributed by atoms with van der Waals surface area (Å²) in [4.78, 5) is 28.6. The molecule has 2 saturated heterocycles. The number of amides is 2. The molecule has 0 aromatic carbocycles. The van der Waals surface area contributed by atoms with Crippen LogP contribution in [0.25, 0.3) is 0 Å². The van der Waals surface area contributed by atoms with Crippen LogP contribution in [0.3, 0.4) is 0 Å². The van der Waals surface area contributed by atoms with Crippen molar-refractivity contribution in [1.29, 1.82) is 0 Å². The van der Waals surface area contributed by atoms with Crippen LogP contribution in [0.2, 0.25) is 0 Å². The van der Waals surface area contributed by atoms with Crippen LogP contribution in [0.15, 0.2) is 16.7 Å². The Bertz CT molecular complexity index is 577. The van der Waals surface area contributed by atoms with Gasteiger partial charge in [0.15, 0.2) is 0 Å². The predicted molar refractivity (Wildman–Crippen MR) is 84.1 cm³/mol. The van der Waals surface area contributed by atoms with E-state index in [1.165, 1.54) is 0 Å². The highest BCUT2D eigenvalue weighted by Gasteiger charge is 2.36. The highest BCUT2D eigenvalue weighted by Crippen LogP contribution is 2.25. The van der Waals surface area contributed by atoms with E-state index in [0.29, 0.717) is 37.6 Å². The van der Waals surface area contributed by atoms with Crippen molar-refractivity contribution in [2.75, 3.05) is 26.3 Å². The van der Waals surface area contributed by atoms with Crippen LogP contribution >= 0.6 is 0 Å². The molecule has 0 N–H and O–H groups in total. The molecule has 1 aromatic rings. The second-order valence-electron chi connectivity index (χ2n) is 6.35. The first-order valence-corrected chi connectivity index (χ1v) is 8.28. The highest BCUT2D eigenvalue weighted by molar-refractivity contribution is 5.95. The zero-order valence-corrected chi connectivity index (χ0v) is 13.8. The maximum Gasteiger partial charge on any atom is 0.257 e. The van der Waals surface area contributed by atoms with Gasteiger partial charge in [-0.1, -0.05) is 0 Å². The second kappa shape index (κ2) is 6.74. The van der Waals surface area contributed by atoms with E-state index in [2.05, 4.69) is 0 Å².